The first kappa shape index (κ1) is 22.4. The van der Waals surface area contributed by atoms with Gasteiger partial charge in [0.15, 0.2) is 0 Å². The van der Waals surface area contributed by atoms with Crippen molar-refractivity contribution in [1.82, 2.24) is 23.2 Å². The number of benzene rings is 5. The van der Waals surface area contributed by atoms with Gasteiger partial charge < -0.3 is 0 Å². The lowest BCUT2D eigenvalue weighted by molar-refractivity contribution is 0.664. The minimum atomic E-state index is -0.133. The number of fused-ring (bicyclic) bond motifs is 18. The van der Waals surface area contributed by atoms with Crippen LogP contribution in [0.2, 0.25) is 0 Å². The van der Waals surface area contributed by atoms with Crippen LogP contribution in [0.4, 0.5) is 0 Å². The maximum atomic E-state index is 5.34. The predicted molar refractivity (Wildman–Crippen MR) is 174 cm³/mol. The molecule has 11 rings (SSSR count). The first-order valence-corrected chi connectivity index (χ1v) is 15.1. The highest BCUT2D eigenvalue weighted by Crippen LogP contribution is 2.53. The quantitative estimate of drug-likeness (QED) is 0.188. The third-order valence-electron chi connectivity index (χ3n) is 10.7. The first-order valence-electron chi connectivity index (χ1n) is 15.1. The molecule has 0 spiro atoms. The molecule has 9 aromatic rings. The Morgan fingerprint density at radius 2 is 0.907 bits per heavy atom. The summed E-state index contributed by atoms with van der Waals surface area (Å²) < 4.78 is 7.09. The van der Waals surface area contributed by atoms with Gasteiger partial charge in [0.2, 0.25) is 11.6 Å². The summed E-state index contributed by atoms with van der Waals surface area (Å²) >= 11 is 0. The van der Waals surface area contributed by atoms with Crippen molar-refractivity contribution in [3.05, 3.63) is 113 Å². The predicted octanol–water partition coefficient (Wildman–Crippen LogP) is 8.74. The Morgan fingerprint density at radius 3 is 1.40 bits per heavy atom. The van der Waals surface area contributed by atoms with E-state index in [1.54, 1.807) is 0 Å². The van der Waals surface area contributed by atoms with Gasteiger partial charge in [-0.05, 0) is 68.8 Å². The zero-order valence-corrected chi connectivity index (χ0v) is 24.4. The van der Waals surface area contributed by atoms with Crippen molar-refractivity contribution in [3.8, 4) is 22.3 Å². The van der Waals surface area contributed by atoms with Crippen molar-refractivity contribution in [2.24, 2.45) is 0 Å². The summed E-state index contributed by atoms with van der Waals surface area (Å²) in [5.74, 6) is 1.84. The number of hydrogen-bond donors (Lipinski definition) is 0. The van der Waals surface area contributed by atoms with Gasteiger partial charge in [-0.2, -0.15) is 0 Å². The highest BCUT2D eigenvalue weighted by molar-refractivity contribution is 6.07. The lowest BCUT2D eigenvalue weighted by atomic mass is 9.82. The fourth-order valence-corrected chi connectivity index (χ4v) is 8.97. The Morgan fingerprint density at radius 1 is 0.442 bits per heavy atom. The number of nitrogens with zero attached hydrogens (tertiary/aromatic N) is 5. The molecule has 0 N–H and O–H groups in total. The van der Waals surface area contributed by atoms with Crippen molar-refractivity contribution >= 4 is 50.2 Å². The lowest BCUT2D eigenvalue weighted by Gasteiger charge is -2.22. The molecule has 5 heteroatoms. The molecule has 0 radical (unpaired) electrons. The van der Waals surface area contributed by atoms with E-state index in [-0.39, 0.29) is 10.8 Å². The van der Waals surface area contributed by atoms with E-state index in [9.17, 15) is 0 Å². The smallest absolute Gasteiger partial charge is 0.223 e. The fraction of sp³-hybridized carbons (Fsp3) is 0.158. The summed E-state index contributed by atoms with van der Waals surface area (Å²) in [5.41, 5.74) is 18.5. The summed E-state index contributed by atoms with van der Waals surface area (Å²) in [6.45, 7) is 9.42. The van der Waals surface area contributed by atoms with Crippen LogP contribution in [-0.2, 0) is 10.8 Å². The molecule has 0 unspecified atom stereocenters. The van der Waals surface area contributed by atoms with E-state index in [1.165, 1.54) is 72.1 Å². The summed E-state index contributed by atoms with van der Waals surface area (Å²) in [6.07, 6.45) is 0. The molecule has 2 aliphatic rings. The molecule has 0 aliphatic heterocycles. The molecule has 4 heterocycles. The van der Waals surface area contributed by atoms with Crippen LogP contribution in [0.1, 0.15) is 49.9 Å². The summed E-state index contributed by atoms with van der Waals surface area (Å²) in [6, 6.07) is 33.3. The largest absolute Gasteiger partial charge is 0.275 e. The molecule has 0 atom stereocenters. The van der Waals surface area contributed by atoms with E-state index in [4.69, 9.17) is 9.97 Å². The normalized spacial score (nSPS) is 16.3. The van der Waals surface area contributed by atoms with E-state index in [0.717, 1.165) is 22.6 Å². The molecule has 4 aromatic heterocycles. The molecule has 5 nitrogen and oxygen atoms in total. The van der Waals surface area contributed by atoms with E-state index in [0.29, 0.717) is 0 Å². The van der Waals surface area contributed by atoms with Crippen LogP contribution in [0.15, 0.2) is 91.0 Å². The molecule has 2 aliphatic carbocycles. The second-order valence-electron chi connectivity index (χ2n) is 13.5. The molecule has 204 valence electrons. The maximum Gasteiger partial charge on any atom is 0.223 e. The zero-order valence-electron chi connectivity index (χ0n) is 24.4. The topological polar surface area (TPSA) is 39.0 Å². The molecule has 43 heavy (non-hydrogen) atoms. The van der Waals surface area contributed by atoms with Gasteiger partial charge in [0.1, 0.15) is 5.52 Å². The number of aromatic nitrogens is 5. The van der Waals surface area contributed by atoms with Crippen LogP contribution < -0.4 is 0 Å². The van der Waals surface area contributed by atoms with Gasteiger partial charge in [-0.15, -0.1) is 0 Å². The zero-order chi connectivity index (χ0) is 28.6. The summed E-state index contributed by atoms with van der Waals surface area (Å²) in [5, 5.41) is 0. The number of imidazole rings is 4. The van der Waals surface area contributed by atoms with Crippen LogP contribution in [0, 0.1) is 0 Å². The Balaban J connectivity index is 1.33. The molecular weight excluding hydrogens is 526 g/mol. The second kappa shape index (κ2) is 6.73. The summed E-state index contributed by atoms with van der Waals surface area (Å²) in [7, 11) is 0. The van der Waals surface area contributed by atoms with E-state index in [2.05, 4.69) is 132 Å². The van der Waals surface area contributed by atoms with Crippen molar-refractivity contribution in [2.75, 3.05) is 0 Å². The van der Waals surface area contributed by atoms with Crippen LogP contribution in [0.25, 0.3) is 72.4 Å². The number of hydrogen-bond acceptors (Lipinski definition) is 2. The Labute approximate surface area is 247 Å². The third kappa shape index (κ3) is 2.25. The third-order valence-corrected chi connectivity index (χ3v) is 10.7. The van der Waals surface area contributed by atoms with Crippen molar-refractivity contribution in [3.63, 3.8) is 0 Å². The lowest BCUT2D eigenvalue weighted by Crippen LogP contribution is -2.16. The molecule has 0 saturated carbocycles. The van der Waals surface area contributed by atoms with Crippen LogP contribution >= 0.6 is 0 Å². The first-order chi connectivity index (χ1) is 20.9. The average Bonchev–Trinajstić information content (AvgIpc) is 3.80. The van der Waals surface area contributed by atoms with Gasteiger partial charge in [0.25, 0.3) is 0 Å². The van der Waals surface area contributed by atoms with E-state index >= 15 is 0 Å². The monoisotopic (exact) mass is 553 g/mol. The number of rotatable bonds is 0. The van der Waals surface area contributed by atoms with Gasteiger partial charge in [0, 0.05) is 10.8 Å². The summed E-state index contributed by atoms with van der Waals surface area (Å²) in [4.78, 5) is 10.7. The maximum absolute atomic E-state index is 5.34. The van der Waals surface area contributed by atoms with Crippen LogP contribution in [-0.4, -0.2) is 23.2 Å². The van der Waals surface area contributed by atoms with Crippen molar-refractivity contribution < 1.29 is 0 Å². The van der Waals surface area contributed by atoms with Gasteiger partial charge >= 0.3 is 0 Å². The van der Waals surface area contributed by atoms with Crippen molar-refractivity contribution in [2.45, 2.75) is 38.5 Å². The standard InChI is InChI=1S/C38H27N5/c1-37(2)24-12-7-5-10-20(24)22-16-18-26-32(30(22)37)41-28-14-9-15-29-34(28)43(35(41)39-26)36-40-27-19-17-23-21-11-6-8-13-25(21)38(3,4)31(23)33(27)42(29)36/h5-19H,1-4H3. The molecule has 0 fully saturated rings. The Kier molecular flexibility index (Phi) is 3.51. The van der Waals surface area contributed by atoms with E-state index < -0.39 is 0 Å². The van der Waals surface area contributed by atoms with Crippen LogP contribution in [0.5, 0.6) is 0 Å². The minimum Gasteiger partial charge on any atom is -0.275 e. The van der Waals surface area contributed by atoms with Gasteiger partial charge in [0.05, 0.1) is 33.1 Å². The minimum absolute atomic E-state index is 0.133. The second-order valence-corrected chi connectivity index (χ2v) is 13.5. The highest BCUT2D eigenvalue weighted by atomic mass is 15.3. The molecule has 5 aromatic carbocycles. The average molecular weight is 554 g/mol. The molecule has 0 bridgehead atoms. The van der Waals surface area contributed by atoms with Crippen LogP contribution in [0.3, 0.4) is 0 Å². The Bertz CT molecular complexity index is 2550. The van der Waals surface area contributed by atoms with Gasteiger partial charge in [-0.1, -0.05) is 94.4 Å². The molecule has 0 amide bonds. The van der Waals surface area contributed by atoms with E-state index in [1.807, 2.05) is 0 Å². The van der Waals surface area contributed by atoms with Crippen molar-refractivity contribution in [1.29, 1.82) is 0 Å². The van der Waals surface area contributed by atoms with Gasteiger partial charge in [-0.25, -0.2) is 14.4 Å². The number of para-hydroxylation sites is 1. The SMILES string of the molecule is CC1(C)c2ccccc2-c2ccc3nc4n(c5cccc6c5n4c4nc5ccc7c(c5n64)C(C)(C)c4ccccc4-7)c3c21. The molecular formula is C38H27N5. The highest BCUT2D eigenvalue weighted by Gasteiger charge is 2.40. The van der Waals surface area contributed by atoms with Gasteiger partial charge in [-0.3, -0.25) is 8.80 Å². The molecule has 0 saturated heterocycles. The fourth-order valence-electron chi connectivity index (χ4n) is 8.97. The Hall–Kier alpha value is -5.16.